The van der Waals surface area contributed by atoms with Crippen molar-refractivity contribution in [2.75, 3.05) is 31.1 Å². The van der Waals surface area contributed by atoms with Gasteiger partial charge in [-0.2, -0.15) is 0 Å². The molecule has 3 aliphatic heterocycles. The molecule has 6 heteroatoms. The number of aryl methyl sites for hydroxylation is 1. The lowest BCUT2D eigenvalue weighted by Gasteiger charge is -2.52. The van der Waals surface area contributed by atoms with Crippen LogP contribution in [0.15, 0.2) is 78.9 Å². The van der Waals surface area contributed by atoms with Crippen LogP contribution >= 0.6 is 0 Å². The first-order chi connectivity index (χ1) is 17.5. The van der Waals surface area contributed by atoms with Crippen LogP contribution in [0.25, 0.3) is 0 Å². The summed E-state index contributed by atoms with van der Waals surface area (Å²) in [5, 5.41) is 0. The molecule has 0 aromatic heterocycles. The zero-order valence-corrected chi connectivity index (χ0v) is 20.5. The van der Waals surface area contributed by atoms with Crippen LogP contribution in [0.5, 0.6) is 0 Å². The van der Waals surface area contributed by atoms with Crippen LogP contribution in [0, 0.1) is 17.6 Å². The van der Waals surface area contributed by atoms with Crippen LogP contribution < -0.4 is 4.90 Å². The van der Waals surface area contributed by atoms with Gasteiger partial charge >= 0.3 is 6.09 Å². The van der Waals surface area contributed by atoms with Crippen LogP contribution in [-0.4, -0.2) is 42.9 Å². The molecule has 0 N–H and O–H groups in total. The molecule has 4 nitrogen and oxygen atoms in total. The van der Waals surface area contributed by atoms with Gasteiger partial charge in [-0.3, -0.25) is 4.90 Å². The van der Waals surface area contributed by atoms with E-state index in [2.05, 4.69) is 24.3 Å². The van der Waals surface area contributed by atoms with E-state index in [0.29, 0.717) is 11.6 Å². The van der Waals surface area contributed by atoms with E-state index < -0.39 is 11.9 Å². The number of rotatable bonds is 8. The van der Waals surface area contributed by atoms with Gasteiger partial charge in [-0.25, -0.2) is 13.6 Å². The van der Waals surface area contributed by atoms with E-state index in [1.807, 2.05) is 6.07 Å². The fraction of sp³-hybridized carbons (Fsp3) is 0.367. The van der Waals surface area contributed by atoms with Crippen molar-refractivity contribution < 1.29 is 22.8 Å². The molecule has 0 aliphatic carbocycles. The Morgan fingerprint density at radius 2 is 1.64 bits per heavy atom. The SMILES string of the molecule is O=C(O[C@H]1C[N+]2(CCCc3ccccc3)CCC1CC2)N(Cc1ccc(F)cc1)c1cccc(F)c1. The molecule has 0 spiro atoms. The average molecular weight is 492 g/mol. The summed E-state index contributed by atoms with van der Waals surface area (Å²) < 4.78 is 34.6. The van der Waals surface area contributed by atoms with Gasteiger partial charge < -0.3 is 9.22 Å². The number of anilines is 1. The Balaban J connectivity index is 1.27. The number of carbonyl (C=O) groups is 1. The van der Waals surface area contributed by atoms with Crippen molar-refractivity contribution in [1.82, 2.24) is 0 Å². The summed E-state index contributed by atoms with van der Waals surface area (Å²) >= 11 is 0. The molecule has 0 unspecified atom stereocenters. The Kier molecular flexibility index (Phi) is 7.33. The molecule has 3 aromatic carbocycles. The molecule has 3 aliphatic rings. The third kappa shape index (κ3) is 5.76. The molecule has 3 saturated heterocycles. The second kappa shape index (κ2) is 10.8. The molecule has 3 heterocycles. The number of ether oxygens (including phenoxy) is 1. The number of amides is 1. The summed E-state index contributed by atoms with van der Waals surface area (Å²) in [6, 6.07) is 22.5. The molecule has 3 aromatic rings. The number of hydrogen-bond donors (Lipinski definition) is 0. The third-order valence-corrected chi connectivity index (χ3v) is 7.83. The molecule has 36 heavy (non-hydrogen) atoms. The van der Waals surface area contributed by atoms with Gasteiger partial charge in [0.15, 0.2) is 6.10 Å². The molecule has 0 radical (unpaired) electrons. The first-order valence-electron chi connectivity index (χ1n) is 12.9. The van der Waals surface area contributed by atoms with Crippen LogP contribution in [0.1, 0.15) is 30.4 Å². The van der Waals surface area contributed by atoms with Gasteiger partial charge in [-0.05, 0) is 47.9 Å². The number of halogens is 2. The summed E-state index contributed by atoms with van der Waals surface area (Å²) in [6.45, 7) is 4.36. The molecular formula is C30H33F2N2O2+. The minimum Gasteiger partial charge on any atom is -0.440 e. The predicted octanol–water partition coefficient (Wildman–Crippen LogP) is 6.35. The Hall–Kier alpha value is -3.25. The fourth-order valence-corrected chi connectivity index (χ4v) is 5.80. The standard InChI is InChI=1S/C30H33F2N2O2/c31-26-13-11-24(12-14-26)21-33(28-10-4-9-27(32)20-28)30(35)36-29-22-34(18-15-25(29)16-19-34)17-5-8-23-6-2-1-3-7-23/h1-4,6-7,9-14,20,25,29H,5,8,15-19,21-22H2/q+1/t25?,29-,34?/m0/s1. The van der Waals surface area contributed by atoms with Crippen molar-refractivity contribution >= 4 is 11.8 Å². The number of hydrogen-bond acceptors (Lipinski definition) is 2. The molecule has 1 atom stereocenters. The number of nitrogens with zero attached hydrogens (tertiary/aromatic N) is 2. The Labute approximate surface area is 211 Å². The first kappa shape index (κ1) is 24.4. The normalized spacial score (nSPS) is 22.8. The third-order valence-electron chi connectivity index (χ3n) is 7.83. The average Bonchev–Trinajstić information content (AvgIpc) is 2.89. The van der Waals surface area contributed by atoms with E-state index in [4.69, 9.17) is 4.74 Å². The van der Waals surface area contributed by atoms with Crippen molar-refractivity contribution in [3.8, 4) is 0 Å². The summed E-state index contributed by atoms with van der Waals surface area (Å²) in [7, 11) is 0. The van der Waals surface area contributed by atoms with E-state index in [1.54, 1.807) is 24.3 Å². The Bertz CT molecular complexity index is 1160. The van der Waals surface area contributed by atoms with Crippen molar-refractivity contribution in [3.63, 3.8) is 0 Å². The second-order valence-electron chi connectivity index (χ2n) is 10.2. The summed E-state index contributed by atoms with van der Waals surface area (Å²) in [5.41, 5.74) is 2.53. The van der Waals surface area contributed by atoms with Gasteiger partial charge in [0.05, 0.1) is 31.9 Å². The molecule has 1 amide bonds. The molecule has 188 valence electrons. The minimum absolute atomic E-state index is 0.152. The highest BCUT2D eigenvalue weighted by Gasteiger charge is 2.47. The summed E-state index contributed by atoms with van der Waals surface area (Å²) in [4.78, 5) is 14.9. The quantitative estimate of drug-likeness (QED) is 0.344. The molecule has 2 bridgehead atoms. The monoisotopic (exact) mass is 491 g/mol. The number of quaternary nitrogens is 1. The second-order valence-corrected chi connectivity index (χ2v) is 10.2. The minimum atomic E-state index is -0.480. The molecular weight excluding hydrogens is 458 g/mol. The van der Waals surface area contributed by atoms with Gasteiger partial charge in [0.2, 0.25) is 0 Å². The number of piperidine rings is 3. The molecule has 3 fully saturated rings. The lowest BCUT2D eigenvalue weighted by molar-refractivity contribution is -0.946. The molecule has 0 saturated carbocycles. The van der Waals surface area contributed by atoms with E-state index in [-0.39, 0.29) is 18.5 Å². The first-order valence-corrected chi connectivity index (χ1v) is 12.9. The highest BCUT2D eigenvalue weighted by Crippen LogP contribution is 2.36. The van der Waals surface area contributed by atoms with Crippen LogP contribution in [-0.2, 0) is 17.7 Å². The summed E-state index contributed by atoms with van der Waals surface area (Å²) in [5.74, 6) is -0.398. The van der Waals surface area contributed by atoms with Crippen LogP contribution in [0.2, 0.25) is 0 Å². The van der Waals surface area contributed by atoms with Gasteiger partial charge in [-0.15, -0.1) is 0 Å². The smallest absolute Gasteiger partial charge is 0.415 e. The highest BCUT2D eigenvalue weighted by atomic mass is 19.1. The Morgan fingerprint density at radius 1 is 0.889 bits per heavy atom. The van der Waals surface area contributed by atoms with Crippen LogP contribution in [0.4, 0.5) is 19.3 Å². The lowest BCUT2D eigenvalue weighted by atomic mass is 9.83. The van der Waals surface area contributed by atoms with Gasteiger partial charge in [0, 0.05) is 25.2 Å². The van der Waals surface area contributed by atoms with E-state index in [1.165, 1.54) is 34.7 Å². The van der Waals surface area contributed by atoms with Gasteiger partial charge in [-0.1, -0.05) is 48.5 Å². The lowest BCUT2D eigenvalue weighted by Crippen LogP contribution is -2.65. The maximum absolute atomic E-state index is 14.0. The number of carbonyl (C=O) groups excluding carboxylic acids is 1. The highest BCUT2D eigenvalue weighted by molar-refractivity contribution is 5.87. The summed E-state index contributed by atoms with van der Waals surface area (Å²) in [6.07, 6.45) is 3.64. The van der Waals surface area contributed by atoms with Crippen molar-refractivity contribution in [2.45, 2.75) is 38.3 Å². The fourth-order valence-electron chi connectivity index (χ4n) is 5.80. The number of fused-ring (bicyclic) bond motifs is 3. The zero-order chi connectivity index (χ0) is 25.0. The topological polar surface area (TPSA) is 29.5 Å². The molecule has 6 rings (SSSR count). The van der Waals surface area contributed by atoms with Crippen molar-refractivity contribution in [1.29, 1.82) is 0 Å². The van der Waals surface area contributed by atoms with E-state index >= 15 is 0 Å². The largest absolute Gasteiger partial charge is 0.440 e. The van der Waals surface area contributed by atoms with E-state index in [0.717, 1.165) is 61.9 Å². The Morgan fingerprint density at radius 3 is 2.36 bits per heavy atom. The maximum atomic E-state index is 14.0. The maximum Gasteiger partial charge on any atom is 0.415 e. The van der Waals surface area contributed by atoms with Gasteiger partial charge in [0.25, 0.3) is 0 Å². The zero-order valence-electron chi connectivity index (χ0n) is 20.5. The van der Waals surface area contributed by atoms with Crippen molar-refractivity contribution in [3.05, 3.63) is 102 Å². The number of benzene rings is 3. The predicted molar refractivity (Wildman–Crippen MR) is 136 cm³/mol. The van der Waals surface area contributed by atoms with Crippen LogP contribution in [0.3, 0.4) is 0 Å². The van der Waals surface area contributed by atoms with Gasteiger partial charge in [0.1, 0.15) is 18.2 Å². The van der Waals surface area contributed by atoms with E-state index in [9.17, 15) is 13.6 Å². The van der Waals surface area contributed by atoms with Crippen molar-refractivity contribution in [2.24, 2.45) is 5.92 Å².